The van der Waals surface area contributed by atoms with E-state index in [0.29, 0.717) is 5.75 Å². The molecule has 8 nitrogen and oxygen atoms in total. The highest BCUT2D eigenvalue weighted by atomic mass is 32.2. The summed E-state index contributed by atoms with van der Waals surface area (Å²) in [4.78, 5) is 12.4. The number of halogens is 1. The second-order valence-corrected chi connectivity index (χ2v) is 8.54. The highest BCUT2D eigenvalue weighted by molar-refractivity contribution is 7.92. The molecular weight excluding hydrogens is 449 g/mol. The number of amides is 1. The van der Waals surface area contributed by atoms with Gasteiger partial charge in [0.25, 0.3) is 15.9 Å². The SMILES string of the molecule is COc1ccc(S(=O)(=O)N(CC(=O)N/N=C\c2ccccc2F)c2ccccc2)cc1OC. The lowest BCUT2D eigenvalue weighted by molar-refractivity contribution is -0.119. The van der Waals surface area contributed by atoms with Crippen LogP contribution in [0.4, 0.5) is 10.1 Å². The molecule has 1 N–H and O–H groups in total. The number of anilines is 1. The molecule has 3 aromatic carbocycles. The fourth-order valence-corrected chi connectivity index (χ4v) is 4.37. The number of rotatable bonds is 9. The monoisotopic (exact) mass is 471 g/mol. The van der Waals surface area contributed by atoms with Crippen molar-refractivity contribution in [2.45, 2.75) is 4.90 Å². The summed E-state index contributed by atoms with van der Waals surface area (Å²) in [5.74, 6) is -0.624. The maximum Gasteiger partial charge on any atom is 0.264 e. The summed E-state index contributed by atoms with van der Waals surface area (Å²) in [6.45, 7) is -0.560. The van der Waals surface area contributed by atoms with E-state index >= 15 is 0 Å². The summed E-state index contributed by atoms with van der Waals surface area (Å²) in [7, 11) is -1.33. The Kier molecular flexibility index (Phi) is 7.62. The molecule has 0 radical (unpaired) electrons. The maximum absolute atomic E-state index is 13.7. The number of benzene rings is 3. The van der Waals surface area contributed by atoms with E-state index in [1.165, 1.54) is 50.6 Å². The van der Waals surface area contributed by atoms with Crippen molar-refractivity contribution in [2.24, 2.45) is 5.10 Å². The van der Waals surface area contributed by atoms with E-state index in [1.54, 1.807) is 36.4 Å². The average Bonchev–Trinajstić information content (AvgIpc) is 2.83. The number of methoxy groups -OCH3 is 2. The maximum atomic E-state index is 13.7. The molecule has 0 spiro atoms. The summed E-state index contributed by atoms with van der Waals surface area (Å²) in [6, 6.07) is 18.2. The molecule has 3 aromatic rings. The van der Waals surface area contributed by atoms with Crippen LogP contribution in [0.2, 0.25) is 0 Å². The van der Waals surface area contributed by atoms with Crippen molar-refractivity contribution in [1.29, 1.82) is 0 Å². The van der Waals surface area contributed by atoms with Crippen LogP contribution in [0, 0.1) is 5.82 Å². The average molecular weight is 472 g/mol. The van der Waals surface area contributed by atoms with Gasteiger partial charge in [0.2, 0.25) is 0 Å². The number of carbonyl (C=O) groups is 1. The van der Waals surface area contributed by atoms with Gasteiger partial charge in [-0.25, -0.2) is 18.2 Å². The molecule has 1 amide bonds. The first-order valence-electron chi connectivity index (χ1n) is 9.73. The van der Waals surface area contributed by atoms with Gasteiger partial charge in [-0.15, -0.1) is 0 Å². The minimum Gasteiger partial charge on any atom is -0.493 e. The highest BCUT2D eigenvalue weighted by Gasteiger charge is 2.28. The molecule has 0 aliphatic rings. The van der Waals surface area contributed by atoms with Crippen LogP contribution in [0.25, 0.3) is 0 Å². The first-order chi connectivity index (χ1) is 15.9. The minimum absolute atomic E-state index is 0.0911. The number of sulfonamides is 1. The second kappa shape index (κ2) is 10.6. The van der Waals surface area contributed by atoms with E-state index in [4.69, 9.17) is 9.47 Å². The number of hydrogen-bond donors (Lipinski definition) is 1. The van der Waals surface area contributed by atoms with Crippen LogP contribution < -0.4 is 19.2 Å². The summed E-state index contributed by atoms with van der Waals surface area (Å²) < 4.78 is 51.9. The summed E-state index contributed by atoms with van der Waals surface area (Å²) in [6.07, 6.45) is 1.14. The van der Waals surface area contributed by atoms with Gasteiger partial charge < -0.3 is 9.47 Å². The van der Waals surface area contributed by atoms with Gasteiger partial charge in [-0.3, -0.25) is 9.10 Å². The van der Waals surface area contributed by atoms with Crippen molar-refractivity contribution in [1.82, 2.24) is 5.43 Å². The molecule has 33 heavy (non-hydrogen) atoms. The van der Waals surface area contributed by atoms with Crippen molar-refractivity contribution in [2.75, 3.05) is 25.1 Å². The fraction of sp³-hybridized carbons (Fsp3) is 0.130. The molecule has 0 aromatic heterocycles. The lowest BCUT2D eigenvalue weighted by atomic mass is 10.2. The topological polar surface area (TPSA) is 97.3 Å². The predicted molar refractivity (Wildman–Crippen MR) is 123 cm³/mol. The van der Waals surface area contributed by atoms with Crippen molar-refractivity contribution in [3.8, 4) is 11.5 Å². The molecule has 10 heteroatoms. The number of hydrogen-bond acceptors (Lipinski definition) is 6. The highest BCUT2D eigenvalue weighted by Crippen LogP contribution is 2.32. The predicted octanol–water partition coefficient (Wildman–Crippen LogP) is 3.19. The van der Waals surface area contributed by atoms with Crippen molar-refractivity contribution >= 4 is 27.8 Å². The molecule has 172 valence electrons. The van der Waals surface area contributed by atoms with Gasteiger partial charge in [-0.05, 0) is 30.3 Å². The molecule has 0 fully saturated rings. The molecule has 0 saturated heterocycles. The van der Waals surface area contributed by atoms with Crippen LogP contribution in [0.5, 0.6) is 11.5 Å². The Hall–Kier alpha value is -3.92. The van der Waals surface area contributed by atoms with E-state index in [2.05, 4.69) is 10.5 Å². The van der Waals surface area contributed by atoms with Crippen LogP contribution in [0.1, 0.15) is 5.56 Å². The second-order valence-electron chi connectivity index (χ2n) is 6.68. The van der Waals surface area contributed by atoms with E-state index < -0.39 is 28.3 Å². The van der Waals surface area contributed by atoms with Gasteiger partial charge in [0.1, 0.15) is 12.4 Å². The van der Waals surface area contributed by atoms with Crippen molar-refractivity contribution in [3.05, 3.63) is 84.2 Å². The van der Waals surface area contributed by atoms with E-state index in [1.807, 2.05) is 0 Å². The van der Waals surface area contributed by atoms with Gasteiger partial charge in [0, 0.05) is 11.6 Å². The zero-order chi connectivity index (χ0) is 23.8. The Morgan fingerprint density at radius 3 is 2.33 bits per heavy atom. The fourth-order valence-electron chi connectivity index (χ4n) is 2.93. The summed E-state index contributed by atoms with van der Waals surface area (Å²) in [5.41, 5.74) is 2.69. The number of para-hydroxylation sites is 1. The first-order valence-corrected chi connectivity index (χ1v) is 11.2. The van der Waals surface area contributed by atoms with Gasteiger partial charge in [0.05, 0.1) is 31.0 Å². The third-order valence-corrected chi connectivity index (χ3v) is 6.34. The minimum atomic E-state index is -4.17. The molecule has 0 unspecified atom stereocenters. The van der Waals surface area contributed by atoms with Crippen molar-refractivity contribution in [3.63, 3.8) is 0 Å². The third-order valence-electron chi connectivity index (χ3n) is 4.57. The standard InChI is InChI=1S/C23H22FN3O5S/c1-31-21-13-12-19(14-22(21)32-2)33(29,30)27(18-9-4-3-5-10-18)16-23(28)26-25-15-17-8-6-7-11-20(17)24/h3-15H,16H2,1-2H3,(H,26,28)/b25-15-. The molecule has 0 aliphatic carbocycles. The van der Waals surface area contributed by atoms with Gasteiger partial charge in [-0.1, -0.05) is 36.4 Å². The van der Waals surface area contributed by atoms with Gasteiger partial charge >= 0.3 is 0 Å². The quantitative estimate of drug-likeness (QED) is 0.382. The summed E-state index contributed by atoms with van der Waals surface area (Å²) in [5, 5.41) is 3.73. The first kappa shape index (κ1) is 23.7. The Morgan fingerprint density at radius 2 is 1.67 bits per heavy atom. The Balaban J connectivity index is 1.88. The lowest BCUT2D eigenvalue weighted by Crippen LogP contribution is -2.39. The van der Waals surface area contributed by atoms with Gasteiger partial charge in [0.15, 0.2) is 11.5 Å². The zero-order valence-electron chi connectivity index (χ0n) is 17.9. The van der Waals surface area contributed by atoms with Crippen LogP contribution >= 0.6 is 0 Å². The zero-order valence-corrected chi connectivity index (χ0v) is 18.8. The lowest BCUT2D eigenvalue weighted by Gasteiger charge is -2.24. The molecule has 0 aliphatic heterocycles. The van der Waals surface area contributed by atoms with E-state index in [9.17, 15) is 17.6 Å². The molecule has 0 heterocycles. The molecule has 0 bridgehead atoms. The normalized spacial score (nSPS) is 11.2. The summed E-state index contributed by atoms with van der Waals surface area (Å²) >= 11 is 0. The molecule has 0 saturated carbocycles. The van der Waals surface area contributed by atoms with Crippen LogP contribution in [-0.4, -0.2) is 41.3 Å². The Morgan fingerprint density at radius 1 is 1.00 bits per heavy atom. The number of carbonyl (C=O) groups excluding carboxylic acids is 1. The Labute approximate surface area is 191 Å². The van der Waals surface area contributed by atoms with Crippen LogP contribution in [-0.2, 0) is 14.8 Å². The van der Waals surface area contributed by atoms with Gasteiger partial charge in [-0.2, -0.15) is 5.10 Å². The van der Waals surface area contributed by atoms with Crippen molar-refractivity contribution < 1.29 is 27.1 Å². The largest absolute Gasteiger partial charge is 0.493 e. The third kappa shape index (κ3) is 5.66. The number of nitrogens with one attached hydrogen (secondary N) is 1. The van der Waals surface area contributed by atoms with E-state index in [-0.39, 0.29) is 21.9 Å². The number of nitrogens with zero attached hydrogens (tertiary/aromatic N) is 2. The Bertz CT molecular complexity index is 1250. The number of hydrazone groups is 1. The number of ether oxygens (including phenoxy) is 2. The smallest absolute Gasteiger partial charge is 0.264 e. The molecule has 3 rings (SSSR count). The molecular formula is C23H22FN3O5S. The van der Waals surface area contributed by atoms with Crippen LogP contribution in [0.3, 0.4) is 0 Å². The van der Waals surface area contributed by atoms with E-state index in [0.717, 1.165) is 10.5 Å². The van der Waals surface area contributed by atoms with Crippen LogP contribution in [0.15, 0.2) is 82.8 Å². The molecule has 0 atom stereocenters.